The van der Waals surface area contributed by atoms with Gasteiger partial charge in [0.25, 0.3) is 0 Å². The van der Waals surface area contributed by atoms with E-state index in [9.17, 15) is 22.8 Å². The molecule has 28 heavy (non-hydrogen) atoms. The predicted molar refractivity (Wildman–Crippen MR) is 98.7 cm³/mol. The number of hydrogen-bond donors (Lipinski definition) is 1. The molecule has 1 N–H and O–H groups in total. The molecule has 158 valence electrons. The van der Waals surface area contributed by atoms with Crippen molar-refractivity contribution in [1.29, 1.82) is 0 Å². The highest BCUT2D eigenvalue weighted by Crippen LogP contribution is 2.22. The smallest absolute Gasteiger partial charge is 0.345 e. The summed E-state index contributed by atoms with van der Waals surface area (Å²) >= 11 is 0. The maximum atomic E-state index is 12.6. The summed E-state index contributed by atoms with van der Waals surface area (Å²) in [6.07, 6.45) is -2.76. The van der Waals surface area contributed by atoms with Crippen LogP contribution in [0.2, 0.25) is 0 Å². The molecule has 1 saturated heterocycles. The SMILES string of the molecule is Cc1nn(CC(C)C)c(C)c1CCC(=O)N1CCCC1C(=O)NCC(F)(F)F. The van der Waals surface area contributed by atoms with Crippen LogP contribution in [-0.2, 0) is 22.6 Å². The molecule has 1 atom stereocenters. The van der Waals surface area contributed by atoms with Crippen molar-refractivity contribution < 1.29 is 22.8 Å². The van der Waals surface area contributed by atoms with Crippen LogP contribution in [0.3, 0.4) is 0 Å². The quantitative estimate of drug-likeness (QED) is 0.763. The van der Waals surface area contributed by atoms with E-state index in [2.05, 4.69) is 18.9 Å². The van der Waals surface area contributed by atoms with Crippen molar-refractivity contribution in [2.75, 3.05) is 13.1 Å². The molecule has 0 spiro atoms. The molecular weight excluding hydrogens is 373 g/mol. The van der Waals surface area contributed by atoms with E-state index in [1.807, 2.05) is 23.8 Å². The lowest BCUT2D eigenvalue weighted by Gasteiger charge is -2.24. The normalized spacial score (nSPS) is 17.4. The molecule has 6 nitrogen and oxygen atoms in total. The molecule has 1 aliphatic rings. The van der Waals surface area contributed by atoms with E-state index in [-0.39, 0.29) is 12.3 Å². The Bertz CT molecular complexity index is 713. The number of aryl methyl sites for hydroxylation is 1. The average molecular weight is 402 g/mol. The average Bonchev–Trinajstić information content (AvgIpc) is 3.16. The van der Waals surface area contributed by atoms with Gasteiger partial charge in [0.2, 0.25) is 11.8 Å². The topological polar surface area (TPSA) is 67.2 Å². The van der Waals surface area contributed by atoms with Gasteiger partial charge >= 0.3 is 6.18 Å². The third-order valence-electron chi connectivity index (χ3n) is 5.00. The predicted octanol–water partition coefficient (Wildman–Crippen LogP) is 2.76. The van der Waals surface area contributed by atoms with Crippen molar-refractivity contribution in [3.63, 3.8) is 0 Å². The fourth-order valence-corrected chi connectivity index (χ4v) is 3.64. The Morgan fingerprint density at radius 3 is 2.57 bits per heavy atom. The van der Waals surface area contributed by atoms with Crippen molar-refractivity contribution >= 4 is 11.8 Å². The summed E-state index contributed by atoms with van der Waals surface area (Å²) in [6.45, 7) is 7.92. The first-order valence-electron chi connectivity index (χ1n) is 9.66. The van der Waals surface area contributed by atoms with E-state index >= 15 is 0 Å². The standard InChI is InChI=1S/C19H29F3N4O2/c1-12(2)10-26-14(4)15(13(3)24-26)7-8-17(27)25-9-5-6-16(25)18(28)23-11-19(20,21)22/h12,16H,5-11H2,1-4H3,(H,23,28). The zero-order valence-corrected chi connectivity index (χ0v) is 16.9. The molecule has 0 radical (unpaired) electrons. The van der Waals surface area contributed by atoms with Crippen molar-refractivity contribution in [2.24, 2.45) is 5.92 Å². The van der Waals surface area contributed by atoms with Gasteiger partial charge < -0.3 is 10.2 Å². The van der Waals surface area contributed by atoms with Gasteiger partial charge in [-0.2, -0.15) is 18.3 Å². The number of carbonyl (C=O) groups excluding carboxylic acids is 2. The fraction of sp³-hybridized carbons (Fsp3) is 0.737. The van der Waals surface area contributed by atoms with Gasteiger partial charge in [0.05, 0.1) is 5.69 Å². The first-order chi connectivity index (χ1) is 13.0. The van der Waals surface area contributed by atoms with Gasteiger partial charge in [0, 0.05) is 25.2 Å². The number of alkyl halides is 3. The highest BCUT2D eigenvalue weighted by molar-refractivity contribution is 5.88. The van der Waals surface area contributed by atoms with E-state index in [4.69, 9.17) is 0 Å². The highest BCUT2D eigenvalue weighted by atomic mass is 19.4. The maximum absolute atomic E-state index is 12.6. The monoisotopic (exact) mass is 402 g/mol. The van der Waals surface area contributed by atoms with Crippen molar-refractivity contribution in [3.8, 4) is 0 Å². The molecule has 1 aromatic rings. The zero-order valence-electron chi connectivity index (χ0n) is 16.9. The minimum atomic E-state index is -4.46. The summed E-state index contributed by atoms with van der Waals surface area (Å²) in [5, 5.41) is 6.43. The molecule has 2 rings (SSSR count). The summed E-state index contributed by atoms with van der Waals surface area (Å²) in [6, 6.07) is -0.819. The van der Waals surface area contributed by atoms with E-state index in [0.29, 0.717) is 31.7 Å². The Balaban J connectivity index is 1.97. The number of rotatable bonds is 7. The second kappa shape index (κ2) is 8.96. The first-order valence-corrected chi connectivity index (χ1v) is 9.66. The lowest BCUT2D eigenvalue weighted by Crippen LogP contribution is -2.48. The van der Waals surface area contributed by atoms with E-state index in [1.165, 1.54) is 4.90 Å². The van der Waals surface area contributed by atoms with E-state index in [1.54, 1.807) is 0 Å². The fourth-order valence-electron chi connectivity index (χ4n) is 3.64. The summed E-state index contributed by atoms with van der Waals surface area (Å²) in [4.78, 5) is 26.1. The van der Waals surface area contributed by atoms with Crippen LogP contribution in [0.25, 0.3) is 0 Å². The van der Waals surface area contributed by atoms with Crippen LogP contribution >= 0.6 is 0 Å². The number of amides is 2. The number of likely N-dealkylation sites (tertiary alicyclic amines) is 1. The molecule has 2 amide bonds. The van der Waals surface area contributed by atoms with Crippen LogP contribution < -0.4 is 5.32 Å². The Kier molecular flexibility index (Phi) is 7.11. The first kappa shape index (κ1) is 22.2. The summed E-state index contributed by atoms with van der Waals surface area (Å²) in [7, 11) is 0. The number of hydrogen-bond acceptors (Lipinski definition) is 3. The molecule has 9 heteroatoms. The van der Waals surface area contributed by atoms with Crippen molar-refractivity contribution in [1.82, 2.24) is 20.0 Å². The number of nitrogens with one attached hydrogen (secondary N) is 1. The molecule has 1 fully saturated rings. The molecule has 0 saturated carbocycles. The second-order valence-electron chi connectivity index (χ2n) is 7.80. The summed E-state index contributed by atoms with van der Waals surface area (Å²) in [5.74, 6) is -0.492. The third-order valence-corrected chi connectivity index (χ3v) is 5.00. The molecule has 2 heterocycles. The Hall–Kier alpha value is -2.06. The molecule has 1 aliphatic heterocycles. The van der Waals surface area contributed by atoms with Gasteiger partial charge in [-0.15, -0.1) is 0 Å². The van der Waals surface area contributed by atoms with Crippen LogP contribution in [0, 0.1) is 19.8 Å². The molecule has 1 unspecified atom stereocenters. The zero-order chi connectivity index (χ0) is 21.1. The minimum absolute atomic E-state index is 0.206. The Labute approximate surface area is 163 Å². The molecule has 0 bridgehead atoms. The maximum Gasteiger partial charge on any atom is 0.405 e. The van der Waals surface area contributed by atoms with E-state index < -0.39 is 24.7 Å². The lowest BCUT2D eigenvalue weighted by molar-refractivity contribution is -0.144. The van der Waals surface area contributed by atoms with Gasteiger partial charge in [-0.25, -0.2) is 0 Å². The van der Waals surface area contributed by atoms with Gasteiger partial charge in [0.1, 0.15) is 12.6 Å². The van der Waals surface area contributed by atoms with Crippen LogP contribution in [-0.4, -0.2) is 51.8 Å². The van der Waals surface area contributed by atoms with Gasteiger partial charge in [-0.3, -0.25) is 14.3 Å². The minimum Gasteiger partial charge on any atom is -0.345 e. The number of nitrogens with zero attached hydrogens (tertiary/aromatic N) is 3. The van der Waals surface area contributed by atoms with Crippen LogP contribution in [0.15, 0.2) is 0 Å². The Morgan fingerprint density at radius 1 is 1.29 bits per heavy atom. The largest absolute Gasteiger partial charge is 0.405 e. The number of halogens is 3. The van der Waals surface area contributed by atoms with Crippen LogP contribution in [0.4, 0.5) is 13.2 Å². The molecular formula is C19H29F3N4O2. The van der Waals surface area contributed by atoms with Crippen molar-refractivity contribution in [2.45, 2.75) is 72.1 Å². The summed E-state index contributed by atoms with van der Waals surface area (Å²) < 4.78 is 38.9. The molecule has 0 aromatic carbocycles. The highest BCUT2D eigenvalue weighted by Gasteiger charge is 2.36. The number of carbonyl (C=O) groups is 2. The molecule has 1 aromatic heterocycles. The van der Waals surface area contributed by atoms with Gasteiger partial charge in [-0.1, -0.05) is 13.8 Å². The van der Waals surface area contributed by atoms with Crippen LogP contribution in [0.1, 0.15) is 50.1 Å². The van der Waals surface area contributed by atoms with Crippen molar-refractivity contribution in [3.05, 3.63) is 17.0 Å². The number of aromatic nitrogens is 2. The molecule has 0 aliphatic carbocycles. The second-order valence-corrected chi connectivity index (χ2v) is 7.80. The van der Waals surface area contributed by atoms with Gasteiger partial charge in [-0.05, 0) is 44.6 Å². The Morgan fingerprint density at radius 2 is 1.96 bits per heavy atom. The van der Waals surface area contributed by atoms with Gasteiger partial charge in [0.15, 0.2) is 0 Å². The third kappa shape index (κ3) is 5.72. The summed E-state index contributed by atoms with van der Waals surface area (Å²) in [5.41, 5.74) is 2.93. The lowest BCUT2D eigenvalue weighted by atomic mass is 10.1. The van der Waals surface area contributed by atoms with E-state index in [0.717, 1.165) is 23.5 Å². The van der Waals surface area contributed by atoms with Crippen LogP contribution in [0.5, 0.6) is 0 Å².